The molecule has 2 N–H and O–H groups in total. The molecule has 1 fully saturated rings. The fourth-order valence-electron chi connectivity index (χ4n) is 4.77. The average Bonchev–Trinajstić information content (AvgIpc) is 3.57. The van der Waals surface area contributed by atoms with Gasteiger partial charge in [-0.3, -0.25) is 4.40 Å². The van der Waals surface area contributed by atoms with Gasteiger partial charge in [0, 0.05) is 36.0 Å². The van der Waals surface area contributed by atoms with Crippen LogP contribution in [0, 0.1) is 6.92 Å². The highest BCUT2D eigenvalue weighted by atomic mass is 16.5. The molecule has 0 unspecified atom stereocenters. The first-order valence-electron chi connectivity index (χ1n) is 12.7. The number of nitrogens with one attached hydrogen (secondary N) is 2. The van der Waals surface area contributed by atoms with Crippen LogP contribution in [0.5, 0.6) is 11.6 Å². The molecule has 2 aromatic carbocycles. The van der Waals surface area contributed by atoms with Crippen LogP contribution in [0.25, 0.3) is 16.6 Å². The molecule has 2 aliphatic rings. The van der Waals surface area contributed by atoms with Gasteiger partial charge in [0.05, 0.1) is 5.52 Å². The lowest BCUT2D eigenvalue weighted by atomic mass is 9.92. The number of aryl methyl sites for hydroxylation is 1. The zero-order valence-electron chi connectivity index (χ0n) is 21.2. The van der Waals surface area contributed by atoms with Crippen LogP contribution in [-0.2, 0) is 9.47 Å². The Morgan fingerprint density at radius 1 is 0.949 bits per heavy atom. The normalized spacial score (nSPS) is 16.3. The van der Waals surface area contributed by atoms with Crippen molar-refractivity contribution in [2.75, 3.05) is 30.5 Å². The van der Waals surface area contributed by atoms with Crippen LogP contribution >= 0.6 is 0 Å². The summed E-state index contributed by atoms with van der Waals surface area (Å²) >= 11 is 0. The highest BCUT2D eigenvalue weighted by molar-refractivity contribution is 5.97. The number of ether oxygens (including phenoxy) is 3. The SMILES string of the molecule is Cc1cc(Nc2ncnc3ccc(NC4=NC5(CCOCC5)CO4)cc23)ccc1Oc1cc2nncn2cn1. The summed E-state index contributed by atoms with van der Waals surface area (Å²) < 4.78 is 19.1. The van der Waals surface area contributed by atoms with Crippen molar-refractivity contribution in [3.05, 3.63) is 67.0 Å². The lowest BCUT2D eigenvalue weighted by Crippen LogP contribution is -2.35. The van der Waals surface area contributed by atoms with Gasteiger partial charge in [0.2, 0.25) is 5.88 Å². The largest absolute Gasteiger partial charge is 0.462 e. The van der Waals surface area contributed by atoms with Crippen molar-refractivity contribution < 1.29 is 14.2 Å². The van der Waals surface area contributed by atoms with E-state index < -0.39 is 0 Å². The minimum Gasteiger partial charge on any atom is -0.462 e. The molecule has 0 aliphatic carbocycles. The Hall–Kier alpha value is -4.84. The van der Waals surface area contributed by atoms with Crippen molar-refractivity contribution in [1.82, 2.24) is 29.5 Å². The molecule has 196 valence electrons. The molecule has 7 rings (SSSR count). The molecule has 0 atom stereocenters. The van der Waals surface area contributed by atoms with Gasteiger partial charge < -0.3 is 24.8 Å². The zero-order valence-corrected chi connectivity index (χ0v) is 21.2. The van der Waals surface area contributed by atoms with Gasteiger partial charge in [0.25, 0.3) is 6.02 Å². The molecule has 0 amide bonds. The molecule has 2 aliphatic heterocycles. The minimum absolute atomic E-state index is 0.180. The molecule has 0 bridgehead atoms. The van der Waals surface area contributed by atoms with Crippen molar-refractivity contribution >= 4 is 39.8 Å². The molecular formula is C27H25N9O3. The smallest absolute Gasteiger partial charge is 0.289 e. The topological polar surface area (TPSA) is 133 Å². The molecule has 1 saturated heterocycles. The van der Waals surface area contributed by atoms with E-state index >= 15 is 0 Å². The Morgan fingerprint density at radius 3 is 2.72 bits per heavy atom. The van der Waals surface area contributed by atoms with E-state index in [1.54, 1.807) is 29.4 Å². The van der Waals surface area contributed by atoms with E-state index in [1.807, 2.05) is 43.3 Å². The predicted molar refractivity (Wildman–Crippen MR) is 145 cm³/mol. The summed E-state index contributed by atoms with van der Waals surface area (Å²) in [5.41, 5.74) is 3.95. The molecule has 3 aromatic heterocycles. The number of rotatable bonds is 5. The fraction of sp³-hybridized carbons (Fsp3) is 0.259. The summed E-state index contributed by atoms with van der Waals surface area (Å²) in [5, 5.41) is 15.5. The minimum atomic E-state index is -0.180. The summed E-state index contributed by atoms with van der Waals surface area (Å²) in [5.74, 6) is 1.82. The van der Waals surface area contributed by atoms with Crippen LogP contribution < -0.4 is 15.4 Å². The average molecular weight is 524 g/mol. The zero-order chi connectivity index (χ0) is 26.2. The van der Waals surface area contributed by atoms with Crippen LogP contribution in [0.3, 0.4) is 0 Å². The molecule has 0 radical (unpaired) electrons. The van der Waals surface area contributed by atoms with Crippen LogP contribution in [0.15, 0.2) is 66.4 Å². The fourth-order valence-corrected chi connectivity index (χ4v) is 4.77. The molecular weight excluding hydrogens is 498 g/mol. The van der Waals surface area contributed by atoms with E-state index in [0.29, 0.717) is 48.9 Å². The molecule has 12 nitrogen and oxygen atoms in total. The summed E-state index contributed by atoms with van der Waals surface area (Å²) in [6.45, 7) is 3.98. The molecule has 12 heteroatoms. The quantitative estimate of drug-likeness (QED) is 0.344. The maximum atomic E-state index is 6.00. The second kappa shape index (κ2) is 9.48. The van der Waals surface area contributed by atoms with Crippen molar-refractivity contribution in [2.45, 2.75) is 25.3 Å². The highest BCUT2D eigenvalue weighted by Crippen LogP contribution is 2.32. The number of amidine groups is 1. The summed E-state index contributed by atoms with van der Waals surface area (Å²) in [4.78, 5) is 18.1. The number of hydrogen-bond donors (Lipinski definition) is 2. The van der Waals surface area contributed by atoms with Crippen LogP contribution in [0.2, 0.25) is 0 Å². The third-order valence-electron chi connectivity index (χ3n) is 6.94. The lowest BCUT2D eigenvalue weighted by molar-refractivity contribution is 0.0442. The molecule has 0 saturated carbocycles. The number of aromatic nitrogens is 6. The third-order valence-corrected chi connectivity index (χ3v) is 6.94. The number of aliphatic imine (C=N–C) groups is 1. The van der Waals surface area contributed by atoms with Gasteiger partial charge in [-0.1, -0.05) is 0 Å². The van der Waals surface area contributed by atoms with E-state index in [2.05, 4.69) is 35.8 Å². The Labute approximate surface area is 223 Å². The lowest BCUT2D eigenvalue weighted by Gasteiger charge is -2.27. The van der Waals surface area contributed by atoms with Crippen molar-refractivity contribution in [3.63, 3.8) is 0 Å². The van der Waals surface area contributed by atoms with Crippen molar-refractivity contribution in [1.29, 1.82) is 0 Å². The van der Waals surface area contributed by atoms with Gasteiger partial charge >= 0.3 is 0 Å². The van der Waals surface area contributed by atoms with Gasteiger partial charge in [-0.2, -0.15) is 0 Å². The maximum absolute atomic E-state index is 6.00. The van der Waals surface area contributed by atoms with Gasteiger partial charge in [0.15, 0.2) is 5.65 Å². The van der Waals surface area contributed by atoms with Crippen LogP contribution in [-0.4, -0.2) is 60.9 Å². The number of benzene rings is 2. The van der Waals surface area contributed by atoms with E-state index in [9.17, 15) is 0 Å². The standard InChI is InChI=1S/C27H25N9O3/c1-17-10-18(3-5-22(17)39-24-12-23-35-31-16-36(23)15-30-24)32-25-20-11-19(2-4-21(20)28-14-29-25)33-26-34-27(13-38-26)6-8-37-9-7-27/h2-5,10-12,14-16H,6-9,13H2,1H3,(H,33,34)(H,28,29,32). The van der Waals surface area contributed by atoms with Crippen LogP contribution in [0.1, 0.15) is 18.4 Å². The first-order valence-corrected chi connectivity index (χ1v) is 12.7. The number of hydrogen-bond acceptors (Lipinski definition) is 11. The van der Waals surface area contributed by atoms with Gasteiger partial charge in [-0.25, -0.2) is 19.9 Å². The molecule has 39 heavy (non-hydrogen) atoms. The summed E-state index contributed by atoms with van der Waals surface area (Å²) in [6, 6.07) is 14.0. The predicted octanol–water partition coefficient (Wildman–Crippen LogP) is 4.26. The second-order valence-electron chi connectivity index (χ2n) is 9.65. The first kappa shape index (κ1) is 23.3. The van der Waals surface area contributed by atoms with Gasteiger partial charge in [-0.15, -0.1) is 10.2 Å². The highest BCUT2D eigenvalue weighted by Gasteiger charge is 2.38. The number of nitrogens with zero attached hydrogens (tertiary/aromatic N) is 7. The van der Waals surface area contributed by atoms with Crippen LogP contribution in [0.4, 0.5) is 17.2 Å². The molecule has 1 spiro atoms. The Kier molecular flexibility index (Phi) is 5.66. The maximum Gasteiger partial charge on any atom is 0.289 e. The van der Waals surface area contributed by atoms with E-state index in [1.165, 1.54) is 0 Å². The first-order chi connectivity index (χ1) is 19.1. The van der Waals surface area contributed by atoms with E-state index in [-0.39, 0.29) is 5.54 Å². The van der Waals surface area contributed by atoms with Crippen molar-refractivity contribution in [3.8, 4) is 11.6 Å². The van der Waals surface area contributed by atoms with Gasteiger partial charge in [-0.05, 0) is 61.7 Å². The Morgan fingerprint density at radius 2 is 1.82 bits per heavy atom. The summed E-state index contributed by atoms with van der Waals surface area (Å²) in [6.07, 6.45) is 6.50. The molecule has 5 aromatic rings. The number of fused-ring (bicyclic) bond motifs is 2. The van der Waals surface area contributed by atoms with E-state index in [4.69, 9.17) is 19.2 Å². The summed E-state index contributed by atoms with van der Waals surface area (Å²) in [7, 11) is 0. The monoisotopic (exact) mass is 523 g/mol. The number of anilines is 3. The second-order valence-corrected chi connectivity index (χ2v) is 9.65. The third kappa shape index (κ3) is 4.66. The Bertz CT molecular complexity index is 1710. The van der Waals surface area contributed by atoms with E-state index in [0.717, 1.165) is 40.7 Å². The Balaban J connectivity index is 1.10. The molecule has 5 heterocycles. The van der Waals surface area contributed by atoms with Crippen molar-refractivity contribution in [2.24, 2.45) is 4.99 Å². The van der Waals surface area contributed by atoms with Gasteiger partial charge in [0.1, 0.15) is 42.7 Å².